The summed E-state index contributed by atoms with van der Waals surface area (Å²) in [5.74, 6) is -1.41. The highest BCUT2D eigenvalue weighted by Crippen LogP contribution is 2.38. The minimum Gasteiger partial charge on any atom is -0.308 e. The molecule has 0 atom stereocenters. The lowest BCUT2D eigenvalue weighted by atomic mass is 9.96. The van der Waals surface area contributed by atoms with Gasteiger partial charge in [-0.15, -0.1) is 11.3 Å². The van der Waals surface area contributed by atoms with Crippen molar-refractivity contribution in [1.82, 2.24) is 9.88 Å². The number of rotatable bonds is 3. The van der Waals surface area contributed by atoms with E-state index in [0.717, 1.165) is 62.6 Å². The smallest absolute Gasteiger partial charge is 0.308 e. The molecule has 3 aromatic rings. The van der Waals surface area contributed by atoms with E-state index in [4.69, 9.17) is 0 Å². The minimum atomic E-state index is -0.780. The van der Waals surface area contributed by atoms with E-state index >= 15 is 0 Å². The van der Waals surface area contributed by atoms with Crippen LogP contribution in [0.25, 0.3) is 11.1 Å². The number of benzene rings is 1. The molecule has 2 aromatic heterocycles. The van der Waals surface area contributed by atoms with Crippen LogP contribution in [0.5, 0.6) is 0 Å². The predicted octanol–water partition coefficient (Wildman–Crippen LogP) is 5.64. The number of fused-ring (bicyclic) bond motifs is 1. The molecule has 4 amide bonds. The second-order valence-electron chi connectivity index (χ2n) is 9.06. The average molecular weight is 563 g/mol. The van der Waals surface area contributed by atoms with Crippen LogP contribution in [0.3, 0.4) is 0 Å². The number of urea groups is 1. The number of carbonyl (C=O) groups is 3. The van der Waals surface area contributed by atoms with Crippen LogP contribution in [-0.2, 0) is 22.4 Å². The Morgan fingerprint density at radius 3 is 2.58 bits per heavy atom. The number of aromatic nitrogens is 1. The molecule has 3 heterocycles. The molecule has 36 heavy (non-hydrogen) atoms. The van der Waals surface area contributed by atoms with Crippen LogP contribution in [0.15, 0.2) is 34.3 Å². The van der Waals surface area contributed by atoms with Crippen molar-refractivity contribution in [2.24, 2.45) is 0 Å². The van der Waals surface area contributed by atoms with E-state index in [1.807, 2.05) is 31.4 Å². The highest BCUT2D eigenvalue weighted by atomic mass is 79.9. The lowest BCUT2D eigenvalue weighted by molar-refractivity contribution is -0.122. The molecule has 5 rings (SSSR count). The zero-order valence-electron chi connectivity index (χ0n) is 20.1. The maximum atomic E-state index is 13.4. The Kier molecular flexibility index (Phi) is 6.18. The van der Waals surface area contributed by atoms with Crippen molar-refractivity contribution in [2.45, 2.75) is 46.5 Å². The highest BCUT2D eigenvalue weighted by molar-refractivity contribution is 9.10. The van der Waals surface area contributed by atoms with Gasteiger partial charge in [0.05, 0.1) is 11.3 Å². The summed E-state index contributed by atoms with van der Waals surface area (Å²) in [6.07, 6.45) is 5.64. The van der Waals surface area contributed by atoms with Crippen LogP contribution in [0.2, 0.25) is 0 Å². The predicted molar refractivity (Wildman–Crippen MR) is 142 cm³/mol. The molecule has 0 radical (unpaired) electrons. The summed E-state index contributed by atoms with van der Waals surface area (Å²) >= 11 is 5.07. The molecule has 7 nitrogen and oxygen atoms in total. The van der Waals surface area contributed by atoms with Gasteiger partial charge in [0.1, 0.15) is 16.6 Å². The molecule has 1 aliphatic heterocycles. The van der Waals surface area contributed by atoms with Crippen LogP contribution in [-0.4, -0.2) is 22.4 Å². The number of amides is 4. The fraction of sp³-hybridized carbons (Fsp3) is 0.259. The van der Waals surface area contributed by atoms with E-state index in [1.165, 1.54) is 11.0 Å². The Morgan fingerprint density at radius 1 is 1.11 bits per heavy atom. The molecule has 1 N–H and O–H groups in total. The largest absolute Gasteiger partial charge is 0.335 e. The molecule has 0 bridgehead atoms. The van der Waals surface area contributed by atoms with Crippen LogP contribution < -0.4 is 10.2 Å². The number of barbiturate groups is 1. The van der Waals surface area contributed by atoms with Crippen LogP contribution in [0.4, 0.5) is 10.5 Å². The first kappa shape index (κ1) is 24.2. The third-order valence-corrected chi connectivity index (χ3v) is 8.91. The zero-order chi connectivity index (χ0) is 25.7. The summed E-state index contributed by atoms with van der Waals surface area (Å²) in [6.45, 7) is 5.71. The lowest BCUT2D eigenvalue weighted by Crippen LogP contribution is -2.54. The number of anilines is 1. The number of nitrogens with zero attached hydrogens (tertiary/aromatic N) is 3. The maximum absolute atomic E-state index is 13.4. The molecule has 1 aromatic carbocycles. The summed E-state index contributed by atoms with van der Waals surface area (Å²) in [4.78, 5) is 40.9. The Bertz CT molecular complexity index is 1540. The van der Waals surface area contributed by atoms with Gasteiger partial charge in [-0.3, -0.25) is 14.9 Å². The Labute approximate surface area is 221 Å². The summed E-state index contributed by atoms with van der Waals surface area (Å²) in [5.41, 5.74) is 5.37. The quantitative estimate of drug-likeness (QED) is 0.330. The van der Waals surface area contributed by atoms with Crippen molar-refractivity contribution >= 4 is 56.9 Å². The Balaban J connectivity index is 1.57. The monoisotopic (exact) mass is 562 g/mol. The fourth-order valence-electron chi connectivity index (χ4n) is 4.89. The number of thiophene rings is 1. The van der Waals surface area contributed by atoms with E-state index < -0.39 is 17.8 Å². The number of nitriles is 1. The van der Waals surface area contributed by atoms with E-state index in [9.17, 15) is 19.6 Å². The fourth-order valence-corrected chi connectivity index (χ4v) is 6.58. The first-order chi connectivity index (χ1) is 17.2. The summed E-state index contributed by atoms with van der Waals surface area (Å²) in [7, 11) is 0. The molecule has 1 fully saturated rings. The molecule has 2 aliphatic rings. The van der Waals surface area contributed by atoms with Crippen molar-refractivity contribution in [3.63, 3.8) is 0 Å². The first-order valence-corrected chi connectivity index (χ1v) is 13.2. The van der Waals surface area contributed by atoms with Crippen molar-refractivity contribution in [3.8, 4) is 11.1 Å². The Hall–Kier alpha value is -3.48. The summed E-state index contributed by atoms with van der Waals surface area (Å²) in [6, 6.07) is 8.64. The second-order valence-corrected chi connectivity index (χ2v) is 11.0. The van der Waals surface area contributed by atoms with E-state index in [1.54, 1.807) is 29.5 Å². The van der Waals surface area contributed by atoms with Crippen molar-refractivity contribution in [3.05, 3.63) is 72.8 Å². The van der Waals surface area contributed by atoms with Gasteiger partial charge in [-0.1, -0.05) is 15.9 Å². The third kappa shape index (κ3) is 3.91. The zero-order valence-corrected chi connectivity index (χ0v) is 22.5. The van der Waals surface area contributed by atoms with Gasteiger partial charge in [0, 0.05) is 20.7 Å². The van der Waals surface area contributed by atoms with Crippen molar-refractivity contribution < 1.29 is 14.4 Å². The lowest BCUT2D eigenvalue weighted by Gasteiger charge is -2.26. The van der Waals surface area contributed by atoms with Gasteiger partial charge in [-0.25, -0.2) is 9.69 Å². The van der Waals surface area contributed by atoms with Gasteiger partial charge in [-0.2, -0.15) is 5.26 Å². The molecule has 182 valence electrons. The van der Waals surface area contributed by atoms with Crippen LogP contribution in [0.1, 0.15) is 51.4 Å². The topological polar surface area (TPSA) is 95.2 Å². The number of imide groups is 2. The molecule has 9 heteroatoms. The molecular formula is C27H23BrN4O3S. The van der Waals surface area contributed by atoms with Crippen LogP contribution in [0, 0.1) is 32.1 Å². The average Bonchev–Trinajstić information content (AvgIpc) is 3.34. The van der Waals surface area contributed by atoms with Gasteiger partial charge in [0.2, 0.25) is 0 Å². The maximum Gasteiger partial charge on any atom is 0.335 e. The van der Waals surface area contributed by atoms with Gasteiger partial charge < -0.3 is 4.57 Å². The molecule has 0 spiro atoms. The highest BCUT2D eigenvalue weighted by Gasteiger charge is 2.37. The Morgan fingerprint density at radius 2 is 1.86 bits per heavy atom. The summed E-state index contributed by atoms with van der Waals surface area (Å²) in [5, 5.41) is 13.1. The second kappa shape index (κ2) is 9.19. The van der Waals surface area contributed by atoms with Gasteiger partial charge >= 0.3 is 6.03 Å². The van der Waals surface area contributed by atoms with E-state index in [2.05, 4.69) is 27.3 Å². The normalized spacial score (nSPS) is 16.8. The van der Waals surface area contributed by atoms with Crippen molar-refractivity contribution in [1.29, 1.82) is 5.26 Å². The van der Waals surface area contributed by atoms with Gasteiger partial charge in [-0.05, 0) is 93.5 Å². The summed E-state index contributed by atoms with van der Waals surface area (Å²) < 4.78 is 2.88. The first-order valence-electron chi connectivity index (χ1n) is 11.6. The molecule has 0 unspecified atom stereocenters. The number of carbonyl (C=O) groups excluding carboxylic acids is 3. The molecular weight excluding hydrogens is 540 g/mol. The number of hydrogen-bond donors (Lipinski definition) is 1. The number of nitrogens with one attached hydrogen (secondary N) is 1. The molecule has 1 aliphatic carbocycles. The standard InChI is InChI=1S/C27H23BrN4O3S/c1-14-10-18(8-9-22(14)28)32-25(34)20(24(33)30-27(32)35)12-17-11-15(2)31(16(17)3)26-21(13-29)19-6-4-5-7-23(19)36-26/h8-12H,4-7H2,1-3H3,(H,30,33,35)/b20-12-. The number of hydrogen-bond acceptors (Lipinski definition) is 5. The van der Waals surface area contributed by atoms with E-state index in [0.29, 0.717) is 16.8 Å². The van der Waals surface area contributed by atoms with Crippen molar-refractivity contribution in [2.75, 3.05) is 4.90 Å². The molecule has 0 saturated carbocycles. The van der Waals surface area contributed by atoms with E-state index in [-0.39, 0.29) is 5.57 Å². The number of halogens is 1. The van der Waals surface area contributed by atoms with Gasteiger partial charge in [0.25, 0.3) is 11.8 Å². The van der Waals surface area contributed by atoms with Crippen LogP contribution >= 0.6 is 27.3 Å². The SMILES string of the molecule is Cc1cc(N2C(=O)NC(=O)/C(=C/c3cc(C)n(-c4sc5c(c4C#N)CCCC5)c3C)C2=O)ccc1Br. The molecule has 1 saturated heterocycles. The van der Waals surface area contributed by atoms with Gasteiger partial charge in [0.15, 0.2) is 0 Å². The number of aryl methyl sites for hydroxylation is 3. The minimum absolute atomic E-state index is 0.124. The third-order valence-electron chi connectivity index (χ3n) is 6.74.